The zero-order valence-corrected chi connectivity index (χ0v) is 20.9. The third kappa shape index (κ3) is 3.20. The molecule has 35 heavy (non-hydrogen) atoms. The summed E-state index contributed by atoms with van der Waals surface area (Å²) < 4.78 is 32.3. The lowest BCUT2D eigenvalue weighted by Crippen LogP contribution is -2.32. The molecule has 2 bridgehead atoms. The van der Waals surface area contributed by atoms with Crippen molar-refractivity contribution in [3.05, 3.63) is 90.3 Å². The Balaban J connectivity index is 0.00000229. The molecule has 2 aliphatic rings. The van der Waals surface area contributed by atoms with Gasteiger partial charge in [-0.05, 0) is 54.8 Å². The van der Waals surface area contributed by atoms with Crippen LogP contribution in [-0.4, -0.2) is 23.6 Å². The fraction of sp³-hybridized carbons (Fsp3) is 0.214. The van der Waals surface area contributed by atoms with Crippen LogP contribution in [0.5, 0.6) is 0 Å². The van der Waals surface area contributed by atoms with Gasteiger partial charge in [0.15, 0.2) is 0 Å². The van der Waals surface area contributed by atoms with Gasteiger partial charge in [-0.15, -0.1) is 12.4 Å². The zero-order valence-electron chi connectivity index (χ0n) is 19.3. The highest BCUT2D eigenvalue weighted by molar-refractivity contribution is 7.91. The highest BCUT2D eigenvalue weighted by Gasteiger charge is 2.36. The molecule has 0 spiro atoms. The number of hydrogen-bond donors (Lipinski definition) is 1. The van der Waals surface area contributed by atoms with Gasteiger partial charge in [-0.2, -0.15) is 0 Å². The molecule has 2 aromatic heterocycles. The predicted octanol–water partition coefficient (Wildman–Crippen LogP) is 5.73. The summed E-state index contributed by atoms with van der Waals surface area (Å²) in [6.45, 7) is 0. The summed E-state index contributed by atoms with van der Waals surface area (Å²) in [5, 5.41) is 5.52. The maximum absolute atomic E-state index is 14.0. The van der Waals surface area contributed by atoms with Gasteiger partial charge in [0.05, 0.1) is 15.3 Å². The summed E-state index contributed by atoms with van der Waals surface area (Å²) in [6.07, 6.45) is 5.06. The van der Waals surface area contributed by atoms with Crippen molar-refractivity contribution in [1.29, 1.82) is 0 Å². The van der Waals surface area contributed by atoms with Gasteiger partial charge in [-0.25, -0.2) is 8.42 Å². The van der Waals surface area contributed by atoms with Crippen LogP contribution in [0.4, 0.5) is 0 Å². The van der Waals surface area contributed by atoms with Crippen molar-refractivity contribution < 1.29 is 8.42 Å². The minimum absolute atomic E-state index is 0. The van der Waals surface area contributed by atoms with E-state index in [0.29, 0.717) is 21.9 Å². The molecule has 5 nitrogen and oxygen atoms in total. The fourth-order valence-corrected chi connectivity index (χ4v) is 7.52. The number of benzene rings is 3. The van der Waals surface area contributed by atoms with Gasteiger partial charge >= 0.3 is 0 Å². The van der Waals surface area contributed by atoms with Crippen molar-refractivity contribution in [3.63, 3.8) is 0 Å². The maximum Gasteiger partial charge on any atom is 0.208 e. The van der Waals surface area contributed by atoms with E-state index in [1.165, 1.54) is 17.7 Å². The van der Waals surface area contributed by atoms with E-state index in [1.54, 1.807) is 12.3 Å². The molecule has 1 N–H and O–H groups in total. The van der Waals surface area contributed by atoms with Crippen molar-refractivity contribution in [3.8, 4) is 5.69 Å². The number of aryl methyl sites for hydroxylation is 1. The van der Waals surface area contributed by atoms with Crippen molar-refractivity contribution >= 4 is 44.1 Å². The average molecular weight is 504 g/mol. The summed E-state index contributed by atoms with van der Waals surface area (Å²) >= 11 is 0. The molecule has 178 valence electrons. The van der Waals surface area contributed by atoms with Crippen LogP contribution < -0.4 is 5.32 Å². The molecule has 7 heteroatoms. The van der Waals surface area contributed by atoms with Gasteiger partial charge in [0.25, 0.3) is 0 Å². The van der Waals surface area contributed by atoms with E-state index in [9.17, 15) is 8.42 Å². The highest BCUT2D eigenvalue weighted by Crippen LogP contribution is 2.42. The van der Waals surface area contributed by atoms with Gasteiger partial charge in [0.1, 0.15) is 0 Å². The average Bonchev–Trinajstić information content (AvgIpc) is 3.53. The van der Waals surface area contributed by atoms with E-state index >= 15 is 0 Å². The Bertz CT molecular complexity index is 1700. The monoisotopic (exact) mass is 503 g/mol. The molecule has 5 aromatic rings. The fourth-order valence-electron chi connectivity index (χ4n) is 6.04. The third-order valence-corrected chi connectivity index (χ3v) is 9.45. The summed E-state index contributed by atoms with van der Waals surface area (Å²) in [4.78, 5) is 0.694. The first-order valence-corrected chi connectivity index (χ1v) is 13.3. The minimum atomic E-state index is -3.73. The van der Waals surface area contributed by atoms with Gasteiger partial charge in [-0.3, -0.25) is 0 Å². The van der Waals surface area contributed by atoms with Crippen LogP contribution in [0.3, 0.4) is 0 Å². The summed E-state index contributed by atoms with van der Waals surface area (Å²) in [5.41, 5.74) is 5.55. The standard InChI is InChI=1S/C28H25N3O2S.ClH/c1-30-24-14-12-20(16-22(24)28-23-13-11-18(29-23)15-26(28)30)34(32,33)27-17-31(19-7-3-2-4-8-19)25-10-6-5-9-21(25)27;/h2-10,12,14,16-18,23,29H,11,13,15H2,1H3;1H. The van der Waals surface area contributed by atoms with E-state index < -0.39 is 9.84 Å². The summed E-state index contributed by atoms with van der Waals surface area (Å²) in [6, 6.07) is 24.1. The van der Waals surface area contributed by atoms with Crippen LogP contribution in [0.25, 0.3) is 27.5 Å². The van der Waals surface area contributed by atoms with Crippen molar-refractivity contribution in [2.75, 3.05) is 0 Å². The lowest BCUT2D eigenvalue weighted by Gasteiger charge is -2.23. The van der Waals surface area contributed by atoms with E-state index in [0.717, 1.165) is 40.3 Å². The third-order valence-electron chi connectivity index (χ3n) is 7.67. The second-order valence-corrected chi connectivity index (χ2v) is 11.4. The molecule has 1 fully saturated rings. The van der Waals surface area contributed by atoms with E-state index in [1.807, 2.05) is 71.3 Å². The molecule has 0 radical (unpaired) electrons. The first kappa shape index (κ1) is 22.4. The van der Waals surface area contributed by atoms with E-state index in [4.69, 9.17) is 0 Å². The second-order valence-electron chi connectivity index (χ2n) is 9.52. The molecule has 2 unspecified atom stereocenters. The molecule has 2 aliphatic heterocycles. The molecule has 3 aromatic carbocycles. The molecular weight excluding hydrogens is 478 g/mol. The molecule has 4 heterocycles. The first-order chi connectivity index (χ1) is 16.5. The first-order valence-electron chi connectivity index (χ1n) is 11.8. The van der Waals surface area contributed by atoms with Crippen LogP contribution in [0, 0.1) is 0 Å². The Morgan fingerprint density at radius 3 is 2.49 bits per heavy atom. The number of aromatic nitrogens is 2. The van der Waals surface area contributed by atoms with Crippen molar-refractivity contribution in [2.24, 2.45) is 7.05 Å². The van der Waals surface area contributed by atoms with Crippen LogP contribution >= 0.6 is 12.4 Å². The predicted molar refractivity (Wildman–Crippen MR) is 141 cm³/mol. The van der Waals surface area contributed by atoms with Crippen LogP contribution in [0.1, 0.15) is 30.1 Å². The number of rotatable bonds is 3. The molecular formula is C28H26ClN3O2S. The normalized spacial score (nSPS) is 19.1. The Morgan fingerprint density at radius 2 is 1.66 bits per heavy atom. The second kappa shape index (κ2) is 7.98. The number of nitrogens with zero attached hydrogens (tertiary/aromatic N) is 2. The number of sulfone groups is 1. The number of halogens is 1. The molecule has 0 saturated carbocycles. The SMILES string of the molecule is Cl.Cn1c2c(c3cc(S(=O)(=O)c4cn(-c5ccccc5)c5ccccc45)ccc31)C1CCC(C2)N1. The van der Waals surface area contributed by atoms with Crippen LogP contribution in [0.2, 0.25) is 0 Å². The Labute approximate surface area is 210 Å². The number of fused-ring (bicyclic) bond motifs is 7. The van der Waals surface area contributed by atoms with Gasteiger partial charge in [0.2, 0.25) is 9.84 Å². The van der Waals surface area contributed by atoms with Crippen LogP contribution in [-0.2, 0) is 23.3 Å². The Hall–Kier alpha value is -3.06. The minimum Gasteiger partial charge on any atom is -0.347 e. The van der Waals surface area contributed by atoms with Gasteiger partial charge in [0, 0.05) is 59.4 Å². The number of hydrogen-bond acceptors (Lipinski definition) is 3. The zero-order chi connectivity index (χ0) is 23.0. The van der Waals surface area contributed by atoms with Crippen LogP contribution in [0.15, 0.2) is 88.8 Å². The summed E-state index contributed by atoms with van der Waals surface area (Å²) in [7, 11) is -1.62. The molecule has 0 aliphatic carbocycles. The number of nitrogens with one attached hydrogen (secondary N) is 1. The molecule has 0 amide bonds. The Morgan fingerprint density at radius 1 is 0.886 bits per heavy atom. The lowest BCUT2D eigenvalue weighted by atomic mass is 9.99. The molecule has 7 rings (SSSR count). The largest absolute Gasteiger partial charge is 0.347 e. The summed E-state index contributed by atoms with van der Waals surface area (Å²) in [5.74, 6) is 0. The molecule has 2 atom stereocenters. The lowest BCUT2D eigenvalue weighted by molar-refractivity contribution is 0.503. The topological polar surface area (TPSA) is 56.0 Å². The van der Waals surface area contributed by atoms with Crippen molar-refractivity contribution in [1.82, 2.24) is 14.5 Å². The van der Waals surface area contributed by atoms with E-state index in [-0.39, 0.29) is 12.4 Å². The van der Waals surface area contributed by atoms with Crippen molar-refractivity contribution in [2.45, 2.75) is 41.1 Å². The van der Waals surface area contributed by atoms with E-state index in [2.05, 4.69) is 16.9 Å². The highest BCUT2D eigenvalue weighted by atomic mass is 35.5. The van der Waals surface area contributed by atoms with Gasteiger partial charge in [-0.1, -0.05) is 36.4 Å². The maximum atomic E-state index is 14.0. The number of para-hydroxylation sites is 2. The Kier molecular flexibility index (Phi) is 5.11. The van der Waals surface area contributed by atoms with Gasteiger partial charge < -0.3 is 14.5 Å². The smallest absolute Gasteiger partial charge is 0.208 e. The molecule has 1 saturated heterocycles. The quantitative estimate of drug-likeness (QED) is 0.342.